The first kappa shape index (κ1) is 52.5. The van der Waals surface area contributed by atoms with Crippen molar-refractivity contribution in [3.8, 4) is 0 Å². The number of carbonyl (C=O) groups is 2. The number of phosphoric ester groups is 1. The molecule has 0 aromatic carbocycles. The molecule has 0 aliphatic rings. The van der Waals surface area contributed by atoms with Crippen LogP contribution < -0.4 is 0 Å². The van der Waals surface area contributed by atoms with Gasteiger partial charge in [-0.3, -0.25) is 18.6 Å². The molecule has 3 unspecified atom stereocenters. The summed E-state index contributed by atoms with van der Waals surface area (Å²) in [6.07, 6.45) is 38.5. The van der Waals surface area contributed by atoms with Gasteiger partial charge in [0, 0.05) is 12.8 Å². The van der Waals surface area contributed by atoms with Crippen molar-refractivity contribution in [1.29, 1.82) is 0 Å². The molecule has 0 aliphatic heterocycles. The van der Waals surface area contributed by atoms with Gasteiger partial charge in [-0.15, -0.1) is 0 Å². The van der Waals surface area contributed by atoms with E-state index in [1.165, 1.54) is 103 Å². The van der Waals surface area contributed by atoms with E-state index in [1.807, 2.05) is 0 Å². The van der Waals surface area contributed by atoms with Crippen LogP contribution in [-0.2, 0) is 32.7 Å². The summed E-state index contributed by atoms with van der Waals surface area (Å²) in [5, 5.41) is 18.3. The molecular weight excluding hydrogens is 707 g/mol. The minimum absolute atomic E-state index is 0.171. The molecule has 0 rings (SSSR count). The molecular formula is C43H81O10P. The lowest BCUT2D eigenvalue weighted by Crippen LogP contribution is -2.29. The van der Waals surface area contributed by atoms with Crippen molar-refractivity contribution >= 4 is 19.8 Å². The van der Waals surface area contributed by atoms with Crippen LogP contribution in [0.25, 0.3) is 0 Å². The van der Waals surface area contributed by atoms with Gasteiger partial charge in [-0.1, -0.05) is 167 Å². The Labute approximate surface area is 329 Å². The highest BCUT2D eigenvalue weighted by Crippen LogP contribution is 2.43. The molecule has 0 aromatic rings. The molecule has 0 fully saturated rings. The van der Waals surface area contributed by atoms with Crippen LogP contribution in [-0.4, -0.2) is 65.7 Å². The standard InChI is InChI=1S/C43H81O10P/c1-3-5-7-9-11-13-15-17-19-21-23-25-27-29-31-33-35-43(47)53-41(39-52-54(48,49)51-37-40(45)36-44)38-50-42(46)34-32-30-28-26-24-22-20-18-16-14-12-10-8-6-4-2/h13,15,19,21,40-41,44-45H,3-12,14,16-18,20,22-39H2,1-2H3,(H,48,49)/b15-13-,21-19-. The van der Waals surface area contributed by atoms with Crippen molar-refractivity contribution in [3.05, 3.63) is 24.3 Å². The molecule has 0 radical (unpaired) electrons. The van der Waals surface area contributed by atoms with E-state index < -0.39 is 51.8 Å². The van der Waals surface area contributed by atoms with Crippen LogP contribution in [0, 0.1) is 0 Å². The number of unbranched alkanes of at least 4 members (excludes halogenated alkanes) is 23. The minimum atomic E-state index is -4.62. The fraction of sp³-hybridized carbons (Fsp3) is 0.860. The van der Waals surface area contributed by atoms with Gasteiger partial charge >= 0.3 is 19.8 Å². The summed E-state index contributed by atoms with van der Waals surface area (Å²) in [5.74, 6) is -0.933. The third-order valence-corrected chi connectivity index (χ3v) is 10.3. The summed E-state index contributed by atoms with van der Waals surface area (Å²) >= 11 is 0. The first-order chi connectivity index (χ1) is 26.2. The SMILES string of the molecule is CCCCCC/C=C\C/C=C\CCCCCCCC(=O)OC(COC(=O)CCCCCCCCCCCCCCCCC)COP(=O)(O)OCC(O)CO. The van der Waals surface area contributed by atoms with Crippen LogP contribution in [0.4, 0.5) is 0 Å². The third kappa shape index (κ3) is 38.7. The number of phosphoric acid groups is 1. The Kier molecular flexibility index (Phi) is 38.5. The largest absolute Gasteiger partial charge is 0.472 e. The molecule has 11 heteroatoms. The van der Waals surface area contributed by atoms with Gasteiger partial charge in [-0.05, 0) is 44.9 Å². The van der Waals surface area contributed by atoms with Crippen LogP contribution in [0.3, 0.4) is 0 Å². The van der Waals surface area contributed by atoms with Gasteiger partial charge in [0.05, 0.1) is 19.8 Å². The van der Waals surface area contributed by atoms with Crippen LogP contribution in [0.5, 0.6) is 0 Å². The summed E-state index contributed by atoms with van der Waals surface area (Å²) in [4.78, 5) is 35.0. The summed E-state index contributed by atoms with van der Waals surface area (Å²) in [5.41, 5.74) is 0. The fourth-order valence-electron chi connectivity index (χ4n) is 5.96. The van der Waals surface area contributed by atoms with E-state index in [0.717, 1.165) is 57.8 Å². The Balaban J connectivity index is 4.30. The summed E-state index contributed by atoms with van der Waals surface area (Å²) < 4.78 is 32.7. The van der Waals surface area contributed by atoms with Crippen molar-refractivity contribution in [2.75, 3.05) is 26.4 Å². The first-order valence-corrected chi connectivity index (χ1v) is 23.3. The Morgan fingerprint density at radius 1 is 0.556 bits per heavy atom. The topological polar surface area (TPSA) is 149 Å². The van der Waals surface area contributed by atoms with Gasteiger partial charge in [-0.2, -0.15) is 0 Å². The molecule has 3 N–H and O–H groups in total. The van der Waals surface area contributed by atoms with E-state index >= 15 is 0 Å². The second-order valence-electron chi connectivity index (χ2n) is 14.7. The van der Waals surface area contributed by atoms with Gasteiger partial charge in [0.1, 0.15) is 12.7 Å². The number of hydrogen-bond acceptors (Lipinski definition) is 9. The van der Waals surface area contributed by atoms with Crippen LogP contribution >= 0.6 is 7.82 Å². The van der Waals surface area contributed by atoms with E-state index in [1.54, 1.807) is 0 Å². The number of aliphatic hydroxyl groups is 2. The van der Waals surface area contributed by atoms with E-state index in [4.69, 9.17) is 19.1 Å². The molecule has 0 aromatic heterocycles. The monoisotopic (exact) mass is 789 g/mol. The third-order valence-electron chi connectivity index (χ3n) is 9.36. The van der Waals surface area contributed by atoms with Gasteiger partial charge in [-0.25, -0.2) is 4.57 Å². The zero-order valence-electron chi connectivity index (χ0n) is 34.4. The van der Waals surface area contributed by atoms with Crippen molar-refractivity contribution < 1.29 is 47.8 Å². The Hall–Kier alpha value is -1.55. The highest BCUT2D eigenvalue weighted by Gasteiger charge is 2.27. The Bertz CT molecular complexity index is 957. The number of esters is 2. The zero-order chi connectivity index (χ0) is 39.8. The average Bonchev–Trinajstić information content (AvgIpc) is 3.16. The number of carbonyl (C=O) groups excluding carboxylic acids is 2. The number of rotatable bonds is 41. The van der Waals surface area contributed by atoms with Crippen molar-refractivity contribution in [1.82, 2.24) is 0 Å². The fourth-order valence-corrected chi connectivity index (χ4v) is 6.75. The maximum absolute atomic E-state index is 12.6. The van der Waals surface area contributed by atoms with E-state index in [2.05, 4.69) is 42.7 Å². The summed E-state index contributed by atoms with van der Waals surface area (Å²) in [6, 6.07) is 0. The molecule has 0 saturated carbocycles. The summed E-state index contributed by atoms with van der Waals surface area (Å²) in [6.45, 7) is 2.36. The number of aliphatic hydroxyl groups excluding tert-OH is 2. The molecule has 0 aliphatic carbocycles. The second kappa shape index (κ2) is 39.7. The van der Waals surface area contributed by atoms with Crippen molar-refractivity contribution in [2.24, 2.45) is 0 Å². The van der Waals surface area contributed by atoms with Crippen molar-refractivity contribution in [2.45, 2.75) is 212 Å². The maximum atomic E-state index is 12.6. The molecule has 0 spiro atoms. The Morgan fingerprint density at radius 2 is 0.963 bits per heavy atom. The molecule has 10 nitrogen and oxygen atoms in total. The highest BCUT2D eigenvalue weighted by atomic mass is 31.2. The number of allylic oxidation sites excluding steroid dienone is 4. The van der Waals surface area contributed by atoms with Gasteiger partial charge < -0.3 is 24.6 Å². The molecule has 0 bridgehead atoms. The van der Waals surface area contributed by atoms with Gasteiger partial charge in [0.15, 0.2) is 6.10 Å². The van der Waals surface area contributed by atoms with Crippen LogP contribution in [0.15, 0.2) is 24.3 Å². The predicted octanol–water partition coefficient (Wildman–Crippen LogP) is 11.4. The molecule has 0 saturated heterocycles. The first-order valence-electron chi connectivity index (χ1n) is 21.8. The summed E-state index contributed by atoms with van der Waals surface area (Å²) in [7, 11) is -4.62. The van der Waals surface area contributed by atoms with Crippen molar-refractivity contribution in [3.63, 3.8) is 0 Å². The van der Waals surface area contributed by atoms with E-state index in [-0.39, 0.29) is 19.4 Å². The molecule has 0 heterocycles. The lowest BCUT2D eigenvalue weighted by Gasteiger charge is -2.20. The van der Waals surface area contributed by atoms with Gasteiger partial charge in [0.2, 0.25) is 0 Å². The van der Waals surface area contributed by atoms with Crippen LogP contribution in [0.1, 0.15) is 200 Å². The minimum Gasteiger partial charge on any atom is -0.462 e. The van der Waals surface area contributed by atoms with Crippen LogP contribution in [0.2, 0.25) is 0 Å². The van der Waals surface area contributed by atoms with E-state index in [9.17, 15) is 24.2 Å². The molecule has 318 valence electrons. The zero-order valence-corrected chi connectivity index (χ0v) is 35.3. The predicted molar refractivity (Wildman–Crippen MR) is 219 cm³/mol. The smallest absolute Gasteiger partial charge is 0.462 e. The lowest BCUT2D eigenvalue weighted by molar-refractivity contribution is -0.161. The normalized spacial score (nSPS) is 14.1. The molecule has 3 atom stereocenters. The van der Waals surface area contributed by atoms with Gasteiger partial charge in [0.25, 0.3) is 0 Å². The molecule has 0 amide bonds. The second-order valence-corrected chi connectivity index (χ2v) is 16.2. The molecule has 54 heavy (non-hydrogen) atoms. The quantitative estimate of drug-likeness (QED) is 0.0236. The lowest BCUT2D eigenvalue weighted by atomic mass is 10.0. The number of ether oxygens (including phenoxy) is 2. The average molecular weight is 789 g/mol. The highest BCUT2D eigenvalue weighted by molar-refractivity contribution is 7.47. The maximum Gasteiger partial charge on any atom is 0.472 e. The number of hydrogen-bond donors (Lipinski definition) is 3. The Morgan fingerprint density at radius 3 is 1.44 bits per heavy atom. The van der Waals surface area contributed by atoms with E-state index in [0.29, 0.717) is 12.8 Å².